The fourth-order valence-electron chi connectivity index (χ4n) is 2.31. The van der Waals surface area contributed by atoms with Crippen molar-refractivity contribution in [1.29, 1.82) is 0 Å². The molecule has 3 nitrogen and oxygen atoms in total. The molecule has 2 rings (SSSR count). The Morgan fingerprint density at radius 2 is 1.85 bits per heavy atom. The van der Waals surface area contributed by atoms with Gasteiger partial charge in [0.15, 0.2) is 0 Å². The Labute approximate surface area is 121 Å². The van der Waals surface area contributed by atoms with E-state index in [0.29, 0.717) is 6.04 Å². The van der Waals surface area contributed by atoms with Crippen LogP contribution >= 0.6 is 0 Å². The lowest BCUT2D eigenvalue weighted by Gasteiger charge is -2.17. The van der Waals surface area contributed by atoms with Gasteiger partial charge in [-0.2, -0.15) is 0 Å². The van der Waals surface area contributed by atoms with Gasteiger partial charge in [0.2, 0.25) is 0 Å². The van der Waals surface area contributed by atoms with Crippen LogP contribution in [0, 0.1) is 0 Å². The molecule has 1 atom stereocenters. The lowest BCUT2D eigenvalue weighted by Crippen LogP contribution is -2.28. The average Bonchev–Trinajstić information content (AvgIpc) is 2.90. The molecule has 0 fully saturated rings. The third kappa shape index (κ3) is 4.51. The minimum absolute atomic E-state index is 0.397. The molecule has 2 aromatic rings. The largest absolute Gasteiger partial charge is 0.469 e. The predicted octanol–water partition coefficient (Wildman–Crippen LogP) is 3.06. The molecule has 0 saturated heterocycles. The maximum Gasteiger partial charge on any atom is 0.105 e. The number of benzene rings is 1. The molecule has 0 saturated carbocycles. The fourth-order valence-corrected chi connectivity index (χ4v) is 2.31. The van der Waals surface area contributed by atoms with E-state index in [1.165, 1.54) is 11.1 Å². The molecule has 3 heteroatoms. The summed E-state index contributed by atoms with van der Waals surface area (Å²) in [6.45, 7) is 4.06. The summed E-state index contributed by atoms with van der Waals surface area (Å²) in [6.07, 6.45) is 2.65. The highest BCUT2D eigenvalue weighted by atomic mass is 16.3. The molecule has 1 aromatic heterocycles. The number of nitrogens with one attached hydrogen (secondary N) is 1. The maximum atomic E-state index is 5.39. The van der Waals surface area contributed by atoms with Crippen molar-refractivity contribution in [2.24, 2.45) is 0 Å². The van der Waals surface area contributed by atoms with Crippen molar-refractivity contribution in [2.75, 3.05) is 14.1 Å². The highest BCUT2D eigenvalue weighted by Crippen LogP contribution is 2.11. The van der Waals surface area contributed by atoms with Gasteiger partial charge in [-0.1, -0.05) is 24.3 Å². The number of nitrogens with zero attached hydrogens (tertiary/aromatic N) is 1. The van der Waals surface area contributed by atoms with Crippen LogP contribution in [-0.4, -0.2) is 25.0 Å². The topological polar surface area (TPSA) is 28.4 Å². The molecule has 0 bridgehead atoms. The van der Waals surface area contributed by atoms with Crippen LogP contribution in [0.3, 0.4) is 0 Å². The molecule has 0 amide bonds. The van der Waals surface area contributed by atoms with Crippen molar-refractivity contribution in [3.63, 3.8) is 0 Å². The van der Waals surface area contributed by atoms with E-state index in [2.05, 4.69) is 55.5 Å². The van der Waals surface area contributed by atoms with E-state index < -0.39 is 0 Å². The zero-order valence-corrected chi connectivity index (χ0v) is 12.6. The first kappa shape index (κ1) is 14.8. The lowest BCUT2D eigenvalue weighted by atomic mass is 10.1. The second-order valence-electron chi connectivity index (χ2n) is 5.57. The molecular weight excluding hydrogens is 248 g/mol. The lowest BCUT2D eigenvalue weighted by molar-refractivity contribution is 0.399. The summed E-state index contributed by atoms with van der Waals surface area (Å²) in [5, 5.41) is 3.57. The molecule has 20 heavy (non-hydrogen) atoms. The summed E-state index contributed by atoms with van der Waals surface area (Å²) in [6, 6.07) is 13.0. The second-order valence-corrected chi connectivity index (χ2v) is 5.57. The summed E-state index contributed by atoms with van der Waals surface area (Å²) in [4.78, 5) is 2.20. The first-order chi connectivity index (χ1) is 9.65. The van der Waals surface area contributed by atoms with Crippen LogP contribution in [0.1, 0.15) is 23.8 Å². The van der Waals surface area contributed by atoms with Crippen LogP contribution < -0.4 is 5.32 Å². The molecule has 1 N–H and O–H groups in total. The van der Waals surface area contributed by atoms with E-state index in [0.717, 1.165) is 25.3 Å². The third-order valence-electron chi connectivity index (χ3n) is 3.33. The van der Waals surface area contributed by atoms with Gasteiger partial charge in [-0.3, -0.25) is 0 Å². The SMILES string of the molecule is CC(Cc1ccco1)NCc1ccccc1CN(C)C. The normalized spacial score (nSPS) is 12.8. The summed E-state index contributed by atoms with van der Waals surface area (Å²) >= 11 is 0. The van der Waals surface area contributed by atoms with Gasteiger partial charge in [-0.25, -0.2) is 0 Å². The summed E-state index contributed by atoms with van der Waals surface area (Å²) in [5.74, 6) is 1.03. The first-order valence-corrected chi connectivity index (χ1v) is 7.12. The van der Waals surface area contributed by atoms with E-state index in [-0.39, 0.29) is 0 Å². The van der Waals surface area contributed by atoms with Crippen LogP contribution in [0.15, 0.2) is 47.1 Å². The van der Waals surface area contributed by atoms with Crippen LogP contribution in [0.4, 0.5) is 0 Å². The van der Waals surface area contributed by atoms with Gasteiger partial charge in [-0.15, -0.1) is 0 Å². The predicted molar refractivity (Wildman–Crippen MR) is 82.5 cm³/mol. The molecule has 0 spiro atoms. The smallest absolute Gasteiger partial charge is 0.105 e. The molecule has 0 aliphatic heterocycles. The minimum atomic E-state index is 0.397. The molecule has 0 aliphatic carbocycles. The third-order valence-corrected chi connectivity index (χ3v) is 3.33. The van der Waals surface area contributed by atoms with E-state index >= 15 is 0 Å². The summed E-state index contributed by atoms with van der Waals surface area (Å²) in [7, 11) is 4.20. The molecule has 108 valence electrons. The Morgan fingerprint density at radius 3 is 2.50 bits per heavy atom. The second kappa shape index (κ2) is 7.27. The molecule has 1 aromatic carbocycles. The highest BCUT2D eigenvalue weighted by molar-refractivity contribution is 5.27. The van der Waals surface area contributed by atoms with Crippen molar-refractivity contribution in [3.05, 3.63) is 59.5 Å². The first-order valence-electron chi connectivity index (χ1n) is 7.12. The minimum Gasteiger partial charge on any atom is -0.469 e. The van der Waals surface area contributed by atoms with Crippen molar-refractivity contribution in [3.8, 4) is 0 Å². The Kier molecular flexibility index (Phi) is 5.39. The standard InChI is InChI=1S/C17H24N2O/c1-14(11-17-9-6-10-20-17)18-12-15-7-4-5-8-16(15)13-19(2)3/h4-10,14,18H,11-13H2,1-3H3. The molecule has 0 radical (unpaired) electrons. The van der Waals surface area contributed by atoms with Gasteiger partial charge < -0.3 is 14.6 Å². The van der Waals surface area contributed by atoms with Gasteiger partial charge in [-0.05, 0) is 44.3 Å². The zero-order chi connectivity index (χ0) is 14.4. The Bertz CT molecular complexity index is 505. The Hall–Kier alpha value is -1.58. The zero-order valence-electron chi connectivity index (χ0n) is 12.6. The van der Waals surface area contributed by atoms with Gasteiger partial charge in [0.25, 0.3) is 0 Å². The number of rotatable bonds is 7. The number of hydrogen-bond acceptors (Lipinski definition) is 3. The maximum absolute atomic E-state index is 5.39. The van der Waals surface area contributed by atoms with Crippen molar-refractivity contribution in [1.82, 2.24) is 10.2 Å². The van der Waals surface area contributed by atoms with Gasteiger partial charge >= 0.3 is 0 Å². The quantitative estimate of drug-likeness (QED) is 0.839. The van der Waals surface area contributed by atoms with E-state index in [1.54, 1.807) is 6.26 Å². The summed E-state index contributed by atoms with van der Waals surface area (Å²) in [5.41, 5.74) is 2.75. The number of hydrogen-bond donors (Lipinski definition) is 1. The Morgan fingerprint density at radius 1 is 1.10 bits per heavy atom. The van der Waals surface area contributed by atoms with Crippen molar-refractivity contribution in [2.45, 2.75) is 32.5 Å². The van der Waals surface area contributed by atoms with E-state index in [9.17, 15) is 0 Å². The number of furan rings is 1. The van der Waals surface area contributed by atoms with Crippen LogP contribution in [0.25, 0.3) is 0 Å². The van der Waals surface area contributed by atoms with E-state index in [1.807, 2.05) is 12.1 Å². The molecule has 1 heterocycles. The monoisotopic (exact) mass is 272 g/mol. The van der Waals surface area contributed by atoms with Crippen molar-refractivity contribution < 1.29 is 4.42 Å². The fraction of sp³-hybridized carbons (Fsp3) is 0.412. The van der Waals surface area contributed by atoms with Crippen LogP contribution in [0.5, 0.6) is 0 Å². The Balaban J connectivity index is 1.90. The van der Waals surface area contributed by atoms with E-state index in [4.69, 9.17) is 4.42 Å². The van der Waals surface area contributed by atoms with Crippen LogP contribution in [0.2, 0.25) is 0 Å². The molecular formula is C17H24N2O. The highest BCUT2D eigenvalue weighted by Gasteiger charge is 2.07. The van der Waals surface area contributed by atoms with Gasteiger partial charge in [0.1, 0.15) is 5.76 Å². The van der Waals surface area contributed by atoms with Crippen LogP contribution in [-0.2, 0) is 19.5 Å². The molecule has 1 unspecified atom stereocenters. The average molecular weight is 272 g/mol. The van der Waals surface area contributed by atoms with Gasteiger partial charge in [0.05, 0.1) is 6.26 Å². The summed E-state index contributed by atoms with van der Waals surface area (Å²) < 4.78 is 5.39. The van der Waals surface area contributed by atoms with Crippen molar-refractivity contribution >= 4 is 0 Å². The molecule has 0 aliphatic rings. The van der Waals surface area contributed by atoms with Gasteiger partial charge in [0, 0.05) is 25.6 Å².